The van der Waals surface area contributed by atoms with E-state index >= 15 is 0 Å². The number of hydrogen-bond acceptors (Lipinski definition) is 4. The van der Waals surface area contributed by atoms with E-state index in [0.717, 1.165) is 0 Å². The first-order valence-corrected chi connectivity index (χ1v) is 7.37. The van der Waals surface area contributed by atoms with Gasteiger partial charge in [0, 0.05) is 6.42 Å². The first-order valence-electron chi connectivity index (χ1n) is 5.54. The van der Waals surface area contributed by atoms with Crippen LogP contribution in [0.4, 0.5) is 0 Å². The molecular weight excluding hydrogens is 272 g/mol. The van der Waals surface area contributed by atoms with Crippen LogP contribution in [-0.2, 0) is 20.4 Å². The van der Waals surface area contributed by atoms with E-state index in [1.54, 1.807) is 0 Å². The highest BCUT2D eigenvalue weighted by atomic mass is 32.2. The van der Waals surface area contributed by atoms with E-state index in [1.807, 2.05) is 0 Å². The highest BCUT2D eigenvalue weighted by Crippen LogP contribution is 2.10. The summed E-state index contributed by atoms with van der Waals surface area (Å²) in [5.41, 5.74) is 0.576. The zero-order chi connectivity index (χ0) is 14.5. The topological polar surface area (TPSA) is 109 Å². The Morgan fingerprint density at radius 2 is 1.63 bits per heavy atom. The zero-order valence-corrected chi connectivity index (χ0v) is 10.9. The minimum atomic E-state index is -3.37. The summed E-state index contributed by atoms with van der Waals surface area (Å²) >= 11 is 0. The first-order chi connectivity index (χ1) is 8.80. The zero-order valence-electron chi connectivity index (χ0n) is 10.1. The van der Waals surface area contributed by atoms with Gasteiger partial charge in [0.25, 0.3) is 0 Å². The molecule has 0 spiro atoms. The molecule has 0 unspecified atom stereocenters. The van der Waals surface area contributed by atoms with E-state index in [1.165, 1.54) is 24.3 Å². The van der Waals surface area contributed by atoms with Crippen molar-refractivity contribution in [2.75, 3.05) is 5.75 Å². The fourth-order valence-electron chi connectivity index (χ4n) is 1.51. The van der Waals surface area contributed by atoms with Crippen LogP contribution in [0.2, 0.25) is 0 Å². The summed E-state index contributed by atoms with van der Waals surface area (Å²) in [5, 5.41) is 17.1. The number of aliphatic carboxylic acids is 1. The standard InChI is InChI=1S/C12H14O6S/c13-11(14)2-1-7-19(17,18)8-9-3-5-10(6-4-9)12(15)16/h3-6H,1-2,7-8H2,(H,13,14)(H,15,16). The van der Waals surface area contributed by atoms with Gasteiger partial charge in [-0.3, -0.25) is 4.79 Å². The second kappa shape index (κ2) is 6.33. The summed E-state index contributed by atoms with van der Waals surface area (Å²) < 4.78 is 23.4. The van der Waals surface area contributed by atoms with Crippen molar-refractivity contribution in [3.63, 3.8) is 0 Å². The Morgan fingerprint density at radius 1 is 1.05 bits per heavy atom. The molecule has 1 rings (SSSR count). The van der Waals surface area contributed by atoms with E-state index in [2.05, 4.69) is 0 Å². The highest BCUT2D eigenvalue weighted by Gasteiger charge is 2.13. The highest BCUT2D eigenvalue weighted by molar-refractivity contribution is 7.90. The van der Waals surface area contributed by atoms with Crippen LogP contribution in [0.3, 0.4) is 0 Å². The number of sulfone groups is 1. The lowest BCUT2D eigenvalue weighted by atomic mass is 10.1. The Hall–Kier alpha value is -1.89. The molecule has 6 nitrogen and oxygen atoms in total. The summed E-state index contributed by atoms with van der Waals surface area (Å²) in [4.78, 5) is 20.9. The molecule has 0 atom stereocenters. The molecule has 0 saturated heterocycles. The van der Waals surface area contributed by atoms with Crippen molar-refractivity contribution in [1.29, 1.82) is 0 Å². The molecule has 1 aromatic carbocycles. The summed E-state index contributed by atoms with van der Waals surface area (Å²) in [7, 11) is -3.37. The van der Waals surface area contributed by atoms with E-state index in [9.17, 15) is 18.0 Å². The molecular formula is C12H14O6S. The fraction of sp³-hybridized carbons (Fsp3) is 0.333. The Bertz CT molecular complexity index is 558. The van der Waals surface area contributed by atoms with Gasteiger partial charge in [-0.1, -0.05) is 12.1 Å². The molecule has 7 heteroatoms. The molecule has 0 aliphatic heterocycles. The van der Waals surface area contributed by atoms with Gasteiger partial charge in [0.15, 0.2) is 9.84 Å². The minimum absolute atomic E-state index is 0.0743. The Kier molecular flexibility index (Phi) is 5.05. The second-order valence-electron chi connectivity index (χ2n) is 4.09. The maximum absolute atomic E-state index is 11.7. The average molecular weight is 286 g/mol. The maximum atomic E-state index is 11.7. The quantitative estimate of drug-likeness (QED) is 0.778. The SMILES string of the molecule is O=C(O)CCCS(=O)(=O)Cc1ccc(C(=O)O)cc1. The van der Waals surface area contributed by atoms with Gasteiger partial charge < -0.3 is 10.2 Å². The van der Waals surface area contributed by atoms with Gasteiger partial charge in [0.1, 0.15) is 0 Å². The third-order valence-electron chi connectivity index (χ3n) is 2.43. The largest absolute Gasteiger partial charge is 0.481 e. The predicted molar refractivity (Wildman–Crippen MR) is 67.8 cm³/mol. The molecule has 0 aliphatic rings. The number of benzene rings is 1. The number of aromatic carboxylic acids is 1. The van der Waals surface area contributed by atoms with Crippen LogP contribution in [0, 0.1) is 0 Å². The molecule has 2 N–H and O–H groups in total. The van der Waals surface area contributed by atoms with Crippen LogP contribution in [0.15, 0.2) is 24.3 Å². The summed E-state index contributed by atoms with van der Waals surface area (Å²) in [6.45, 7) is 0. The average Bonchev–Trinajstić information content (AvgIpc) is 2.28. The Morgan fingerprint density at radius 3 is 2.11 bits per heavy atom. The first kappa shape index (κ1) is 15.2. The van der Waals surface area contributed by atoms with E-state index in [0.29, 0.717) is 5.56 Å². The third-order valence-corrected chi connectivity index (χ3v) is 4.12. The van der Waals surface area contributed by atoms with Gasteiger partial charge in [-0.25, -0.2) is 13.2 Å². The van der Waals surface area contributed by atoms with Crippen LogP contribution >= 0.6 is 0 Å². The molecule has 19 heavy (non-hydrogen) atoms. The summed E-state index contributed by atoms with van der Waals surface area (Å²) in [6, 6.07) is 5.56. The van der Waals surface area contributed by atoms with Crippen molar-refractivity contribution in [2.24, 2.45) is 0 Å². The molecule has 104 valence electrons. The molecule has 0 aliphatic carbocycles. The number of carbonyl (C=O) groups is 2. The van der Waals surface area contributed by atoms with Crippen LogP contribution < -0.4 is 0 Å². The summed E-state index contributed by atoms with van der Waals surface area (Å²) in [6.07, 6.45) is -0.109. The molecule has 0 radical (unpaired) electrons. The molecule has 0 saturated carbocycles. The lowest BCUT2D eigenvalue weighted by Crippen LogP contribution is -2.11. The smallest absolute Gasteiger partial charge is 0.335 e. The van der Waals surface area contributed by atoms with E-state index in [4.69, 9.17) is 10.2 Å². The van der Waals surface area contributed by atoms with Crippen LogP contribution in [0.5, 0.6) is 0 Å². The van der Waals surface area contributed by atoms with E-state index in [-0.39, 0.29) is 29.9 Å². The number of hydrogen-bond donors (Lipinski definition) is 2. The van der Waals surface area contributed by atoms with Crippen LogP contribution in [0.1, 0.15) is 28.8 Å². The molecule has 0 amide bonds. The van der Waals surface area contributed by atoms with Crippen molar-refractivity contribution >= 4 is 21.8 Å². The molecule has 0 heterocycles. The molecule has 1 aromatic rings. The van der Waals surface area contributed by atoms with Crippen molar-refractivity contribution in [1.82, 2.24) is 0 Å². The Labute approximate surface area is 110 Å². The van der Waals surface area contributed by atoms with Gasteiger partial charge >= 0.3 is 11.9 Å². The van der Waals surface area contributed by atoms with Gasteiger partial charge in [-0.2, -0.15) is 0 Å². The second-order valence-corrected chi connectivity index (χ2v) is 6.28. The van der Waals surface area contributed by atoms with E-state index < -0.39 is 21.8 Å². The maximum Gasteiger partial charge on any atom is 0.335 e. The molecule has 0 fully saturated rings. The Balaban J connectivity index is 2.62. The third kappa shape index (κ3) is 5.52. The number of carboxylic acids is 2. The minimum Gasteiger partial charge on any atom is -0.481 e. The normalized spacial score (nSPS) is 11.2. The number of rotatable bonds is 7. The molecule has 0 aromatic heterocycles. The number of carboxylic acid groups (broad SMARTS) is 2. The van der Waals surface area contributed by atoms with Gasteiger partial charge in [-0.15, -0.1) is 0 Å². The monoisotopic (exact) mass is 286 g/mol. The van der Waals surface area contributed by atoms with Crippen LogP contribution in [0.25, 0.3) is 0 Å². The van der Waals surface area contributed by atoms with Gasteiger partial charge in [-0.05, 0) is 24.1 Å². The lowest BCUT2D eigenvalue weighted by molar-refractivity contribution is -0.137. The lowest BCUT2D eigenvalue weighted by Gasteiger charge is -2.04. The van der Waals surface area contributed by atoms with Crippen LogP contribution in [-0.4, -0.2) is 36.3 Å². The van der Waals surface area contributed by atoms with Crippen molar-refractivity contribution in [3.05, 3.63) is 35.4 Å². The summed E-state index contributed by atoms with van der Waals surface area (Å²) in [5.74, 6) is -2.51. The van der Waals surface area contributed by atoms with Crippen molar-refractivity contribution in [2.45, 2.75) is 18.6 Å². The van der Waals surface area contributed by atoms with Crippen molar-refractivity contribution < 1.29 is 28.2 Å². The van der Waals surface area contributed by atoms with Crippen molar-refractivity contribution in [3.8, 4) is 0 Å². The predicted octanol–water partition coefficient (Wildman–Crippen LogP) is 1.16. The van der Waals surface area contributed by atoms with Gasteiger partial charge in [0.05, 0.1) is 17.1 Å². The molecule has 0 bridgehead atoms. The fourth-order valence-corrected chi connectivity index (χ4v) is 2.94. The van der Waals surface area contributed by atoms with Gasteiger partial charge in [0.2, 0.25) is 0 Å².